The summed E-state index contributed by atoms with van der Waals surface area (Å²) >= 11 is 0. The van der Waals surface area contributed by atoms with E-state index in [1.165, 1.54) is 0 Å². The summed E-state index contributed by atoms with van der Waals surface area (Å²) in [6.07, 6.45) is 3.50. The van der Waals surface area contributed by atoms with Gasteiger partial charge in [-0.2, -0.15) is 0 Å². The Morgan fingerprint density at radius 2 is 2.06 bits per heavy atom. The van der Waals surface area contributed by atoms with Crippen LogP contribution in [0, 0.1) is 0 Å². The lowest BCUT2D eigenvalue weighted by atomic mass is 10.3. The van der Waals surface area contributed by atoms with Gasteiger partial charge in [0.1, 0.15) is 5.69 Å². The molecule has 16 heavy (non-hydrogen) atoms. The normalized spacial score (nSPS) is 9.88. The Balaban J connectivity index is 2.62. The molecule has 0 aliphatic rings. The van der Waals surface area contributed by atoms with Crippen molar-refractivity contribution in [3.8, 4) is 0 Å². The van der Waals surface area contributed by atoms with Gasteiger partial charge < -0.3 is 10.6 Å². The highest BCUT2D eigenvalue weighted by atomic mass is 16.1. The van der Waals surface area contributed by atoms with Crippen LogP contribution in [0.2, 0.25) is 0 Å². The maximum atomic E-state index is 11.6. The van der Waals surface area contributed by atoms with Crippen molar-refractivity contribution >= 4 is 11.9 Å². The quantitative estimate of drug-likeness (QED) is 0.764. The summed E-state index contributed by atoms with van der Waals surface area (Å²) in [6, 6.07) is 1.61. The second-order valence-corrected chi connectivity index (χ2v) is 3.45. The number of nitrogens with one attached hydrogen (secondary N) is 2. The first-order valence-electron chi connectivity index (χ1n) is 5.63. The maximum Gasteiger partial charge on any atom is 0.270 e. The van der Waals surface area contributed by atoms with Crippen molar-refractivity contribution in [2.24, 2.45) is 0 Å². The highest BCUT2D eigenvalue weighted by Crippen LogP contribution is 2.00. The molecule has 0 unspecified atom stereocenters. The van der Waals surface area contributed by atoms with E-state index in [0.29, 0.717) is 18.2 Å². The summed E-state index contributed by atoms with van der Waals surface area (Å²) in [5.41, 5.74) is 0.405. The van der Waals surface area contributed by atoms with Crippen LogP contribution in [-0.4, -0.2) is 29.0 Å². The van der Waals surface area contributed by atoms with Crippen LogP contribution in [0.4, 0.5) is 5.95 Å². The molecule has 1 aromatic rings. The first-order chi connectivity index (χ1) is 7.77. The zero-order valence-corrected chi connectivity index (χ0v) is 9.79. The molecular weight excluding hydrogens is 204 g/mol. The monoisotopic (exact) mass is 222 g/mol. The summed E-state index contributed by atoms with van der Waals surface area (Å²) in [6.45, 7) is 5.54. The van der Waals surface area contributed by atoms with Gasteiger partial charge in [-0.3, -0.25) is 4.79 Å². The lowest BCUT2D eigenvalue weighted by molar-refractivity contribution is 0.0948. The number of hydrogen-bond acceptors (Lipinski definition) is 4. The van der Waals surface area contributed by atoms with Crippen LogP contribution in [0.25, 0.3) is 0 Å². The Kier molecular flexibility index (Phi) is 5.25. The van der Waals surface area contributed by atoms with E-state index in [-0.39, 0.29) is 5.91 Å². The minimum absolute atomic E-state index is 0.149. The average Bonchev–Trinajstić information content (AvgIpc) is 2.33. The van der Waals surface area contributed by atoms with Crippen LogP contribution >= 0.6 is 0 Å². The summed E-state index contributed by atoms with van der Waals surface area (Å²) in [4.78, 5) is 19.8. The van der Waals surface area contributed by atoms with Crippen molar-refractivity contribution in [2.45, 2.75) is 26.7 Å². The van der Waals surface area contributed by atoms with Gasteiger partial charge in [-0.25, -0.2) is 9.97 Å². The van der Waals surface area contributed by atoms with Crippen LogP contribution in [0.1, 0.15) is 37.2 Å². The van der Waals surface area contributed by atoms with Crippen LogP contribution in [-0.2, 0) is 0 Å². The van der Waals surface area contributed by atoms with E-state index in [2.05, 4.69) is 27.5 Å². The molecule has 5 heteroatoms. The fourth-order valence-corrected chi connectivity index (χ4v) is 1.14. The van der Waals surface area contributed by atoms with Crippen molar-refractivity contribution in [2.75, 3.05) is 18.4 Å². The fraction of sp³-hybridized carbons (Fsp3) is 0.545. The average molecular weight is 222 g/mol. The zero-order valence-electron chi connectivity index (χ0n) is 9.79. The minimum Gasteiger partial charge on any atom is -0.354 e. The molecule has 88 valence electrons. The van der Waals surface area contributed by atoms with Crippen LogP contribution in [0.15, 0.2) is 12.3 Å². The number of carbonyl (C=O) groups excluding carboxylic acids is 1. The standard InChI is InChI=1S/C11H18N4O/c1-3-6-12-10(16)9-5-8-14-11(15-9)13-7-4-2/h5,8H,3-4,6-7H2,1-2H3,(H,12,16)(H,13,14,15). The Bertz CT molecular complexity index is 341. The maximum absolute atomic E-state index is 11.6. The molecule has 0 saturated carbocycles. The minimum atomic E-state index is -0.149. The van der Waals surface area contributed by atoms with Gasteiger partial charge in [0.15, 0.2) is 0 Å². The molecule has 0 fully saturated rings. The number of nitrogens with zero attached hydrogens (tertiary/aromatic N) is 2. The van der Waals surface area contributed by atoms with E-state index in [9.17, 15) is 4.79 Å². The van der Waals surface area contributed by atoms with Crippen molar-refractivity contribution in [1.29, 1.82) is 0 Å². The van der Waals surface area contributed by atoms with E-state index in [0.717, 1.165) is 19.4 Å². The molecule has 5 nitrogen and oxygen atoms in total. The van der Waals surface area contributed by atoms with Gasteiger partial charge in [0.2, 0.25) is 5.95 Å². The van der Waals surface area contributed by atoms with Crippen LogP contribution in [0.5, 0.6) is 0 Å². The lowest BCUT2D eigenvalue weighted by Crippen LogP contribution is -2.25. The Morgan fingerprint density at radius 3 is 2.75 bits per heavy atom. The number of carbonyl (C=O) groups is 1. The first kappa shape index (κ1) is 12.4. The molecule has 0 aliphatic carbocycles. The third kappa shape index (κ3) is 3.84. The second kappa shape index (κ2) is 6.76. The third-order valence-corrected chi connectivity index (χ3v) is 1.96. The van der Waals surface area contributed by atoms with Gasteiger partial charge >= 0.3 is 0 Å². The van der Waals surface area contributed by atoms with Crippen molar-refractivity contribution in [3.05, 3.63) is 18.0 Å². The molecule has 2 N–H and O–H groups in total. The van der Waals surface area contributed by atoms with Crippen molar-refractivity contribution < 1.29 is 4.79 Å². The highest BCUT2D eigenvalue weighted by Gasteiger charge is 2.06. The van der Waals surface area contributed by atoms with E-state index < -0.39 is 0 Å². The van der Waals surface area contributed by atoms with Crippen LogP contribution < -0.4 is 10.6 Å². The molecule has 0 spiro atoms. The zero-order chi connectivity index (χ0) is 11.8. The predicted octanol–water partition coefficient (Wildman–Crippen LogP) is 1.44. The SMILES string of the molecule is CCCNC(=O)c1ccnc(NCCC)n1. The van der Waals surface area contributed by atoms with E-state index >= 15 is 0 Å². The summed E-state index contributed by atoms with van der Waals surface area (Å²) in [5, 5.41) is 5.82. The predicted molar refractivity (Wildman–Crippen MR) is 63.4 cm³/mol. The summed E-state index contributed by atoms with van der Waals surface area (Å²) < 4.78 is 0. The van der Waals surface area contributed by atoms with Gasteiger partial charge in [-0.1, -0.05) is 13.8 Å². The highest BCUT2D eigenvalue weighted by molar-refractivity contribution is 5.92. The molecule has 1 rings (SSSR count). The molecule has 0 atom stereocenters. The fourth-order valence-electron chi connectivity index (χ4n) is 1.14. The Labute approximate surface area is 95.7 Å². The number of amides is 1. The second-order valence-electron chi connectivity index (χ2n) is 3.45. The third-order valence-electron chi connectivity index (χ3n) is 1.96. The summed E-state index contributed by atoms with van der Waals surface area (Å²) in [5.74, 6) is 0.356. The number of aromatic nitrogens is 2. The molecule has 0 saturated heterocycles. The first-order valence-corrected chi connectivity index (χ1v) is 5.63. The van der Waals surface area contributed by atoms with Crippen molar-refractivity contribution in [1.82, 2.24) is 15.3 Å². The van der Waals surface area contributed by atoms with Gasteiger partial charge in [-0.15, -0.1) is 0 Å². The van der Waals surface area contributed by atoms with Crippen molar-refractivity contribution in [3.63, 3.8) is 0 Å². The molecule has 0 bridgehead atoms. The molecule has 1 heterocycles. The van der Waals surface area contributed by atoms with Gasteiger partial charge in [0.25, 0.3) is 5.91 Å². The largest absolute Gasteiger partial charge is 0.354 e. The van der Waals surface area contributed by atoms with Crippen LogP contribution in [0.3, 0.4) is 0 Å². The Hall–Kier alpha value is -1.65. The van der Waals surface area contributed by atoms with Gasteiger partial charge in [0.05, 0.1) is 0 Å². The topological polar surface area (TPSA) is 66.9 Å². The summed E-state index contributed by atoms with van der Waals surface area (Å²) in [7, 11) is 0. The molecular formula is C11H18N4O. The molecule has 1 amide bonds. The van der Waals surface area contributed by atoms with E-state index in [1.807, 2.05) is 6.92 Å². The molecule has 0 aliphatic heterocycles. The van der Waals surface area contributed by atoms with Gasteiger partial charge in [0, 0.05) is 19.3 Å². The Morgan fingerprint density at radius 1 is 1.31 bits per heavy atom. The lowest BCUT2D eigenvalue weighted by Gasteiger charge is -2.05. The van der Waals surface area contributed by atoms with E-state index in [1.54, 1.807) is 12.3 Å². The molecule has 0 radical (unpaired) electrons. The number of anilines is 1. The molecule has 1 aromatic heterocycles. The number of rotatable bonds is 6. The number of hydrogen-bond donors (Lipinski definition) is 2. The molecule has 0 aromatic carbocycles. The smallest absolute Gasteiger partial charge is 0.270 e. The van der Waals surface area contributed by atoms with Gasteiger partial charge in [-0.05, 0) is 18.9 Å². The van der Waals surface area contributed by atoms with E-state index in [4.69, 9.17) is 0 Å².